The maximum absolute atomic E-state index is 11.2. The van der Waals surface area contributed by atoms with Crippen LogP contribution in [-0.2, 0) is 11.3 Å². The molecular weight excluding hydrogens is 206 g/mol. The number of nitrogens with one attached hydrogen (secondary N) is 1. The molecule has 0 aliphatic rings. The molecule has 0 aliphatic heterocycles. The summed E-state index contributed by atoms with van der Waals surface area (Å²) in [5, 5.41) is 11.5. The zero-order valence-corrected chi connectivity index (χ0v) is 9.35. The monoisotopic (exact) mass is 223 g/mol. The van der Waals surface area contributed by atoms with Crippen LogP contribution in [0.25, 0.3) is 0 Å². The van der Waals surface area contributed by atoms with Gasteiger partial charge in [0.25, 0.3) is 0 Å². The molecule has 1 unspecified atom stereocenters. The molecule has 0 bridgehead atoms. The highest BCUT2D eigenvalue weighted by Crippen LogP contribution is 2.00. The first-order valence-electron chi connectivity index (χ1n) is 5.31. The predicted octanol–water partition coefficient (Wildman–Crippen LogP) is 1.68. The first-order chi connectivity index (χ1) is 7.68. The minimum absolute atomic E-state index is 0.265. The summed E-state index contributed by atoms with van der Waals surface area (Å²) < 4.78 is 4.98. The minimum atomic E-state index is -0.454. The molecule has 0 spiro atoms. The smallest absolute Gasteiger partial charge is 0.407 e. The third-order valence-corrected chi connectivity index (χ3v) is 2.04. The summed E-state index contributed by atoms with van der Waals surface area (Å²) in [7, 11) is 0. The van der Waals surface area contributed by atoms with Gasteiger partial charge in [0.1, 0.15) is 6.61 Å². The molecule has 0 aliphatic carbocycles. The van der Waals surface area contributed by atoms with Crippen molar-refractivity contribution in [3.63, 3.8) is 0 Å². The Balaban J connectivity index is 2.16. The van der Waals surface area contributed by atoms with Crippen LogP contribution in [0.4, 0.5) is 4.79 Å². The number of benzene rings is 1. The molecule has 88 valence electrons. The van der Waals surface area contributed by atoms with Crippen molar-refractivity contribution in [2.75, 3.05) is 6.54 Å². The molecule has 2 N–H and O–H groups in total. The van der Waals surface area contributed by atoms with Gasteiger partial charge in [-0.15, -0.1) is 0 Å². The van der Waals surface area contributed by atoms with Crippen LogP contribution in [0.5, 0.6) is 0 Å². The highest BCUT2D eigenvalue weighted by molar-refractivity contribution is 5.67. The molecule has 1 amide bonds. The van der Waals surface area contributed by atoms with E-state index in [0.29, 0.717) is 13.0 Å². The Morgan fingerprint density at radius 1 is 1.44 bits per heavy atom. The molecule has 16 heavy (non-hydrogen) atoms. The molecule has 4 nitrogen and oxygen atoms in total. The quantitative estimate of drug-likeness (QED) is 0.798. The van der Waals surface area contributed by atoms with Gasteiger partial charge in [0, 0.05) is 6.54 Å². The number of hydrogen-bond donors (Lipinski definition) is 2. The highest BCUT2D eigenvalue weighted by Gasteiger charge is 2.02. The van der Waals surface area contributed by atoms with Gasteiger partial charge >= 0.3 is 6.09 Å². The Morgan fingerprint density at radius 3 is 2.75 bits per heavy atom. The predicted molar refractivity (Wildman–Crippen MR) is 60.9 cm³/mol. The summed E-state index contributed by atoms with van der Waals surface area (Å²) in [4.78, 5) is 11.2. The molecular formula is C12H17NO3. The van der Waals surface area contributed by atoms with E-state index >= 15 is 0 Å². The van der Waals surface area contributed by atoms with Crippen molar-refractivity contribution < 1.29 is 14.6 Å². The van der Waals surface area contributed by atoms with Crippen molar-refractivity contribution in [2.24, 2.45) is 0 Å². The van der Waals surface area contributed by atoms with E-state index in [1.807, 2.05) is 30.3 Å². The van der Waals surface area contributed by atoms with Crippen LogP contribution >= 0.6 is 0 Å². The normalized spacial score (nSPS) is 11.9. The van der Waals surface area contributed by atoms with Gasteiger partial charge in [0.05, 0.1) is 6.10 Å². The molecule has 1 rings (SSSR count). The zero-order chi connectivity index (χ0) is 11.8. The first-order valence-corrected chi connectivity index (χ1v) is 5.31. The summed E-state index contributed by atoms with van der Waals surface area (Å²) >= 11 is 0. The fourth-order valence-corrected chi connectivity index (χ4v) is 1.16. The molecule has 1 aromatic carbocycles. The SMILES string of the molecule is CC(O)CCNC(=O)OCc1ccccc1. The van der Waals surface area contributed by atoms with Gasteiger partial charge < -0.3 is 15.2 Å². The molecule has 1 aromatic rings. The lowest BCUT2D eigenvalue weighted by molar-refractivity contribution is 0.136. The molecule has 0 saturated heterocycles. The largest absolute Gasteiger partial charge is 0.445 e. The lowest BCUT2D eigenvalue weighted by atomic mass is 10.2. The van der Waals surface area contributed by atoms with Crippen molar-refractivity contribution >= 4 is 6.09 Å². The van der Waals surface area contributed by atoms with Gasteiger partial charge in [0.2, 0.25) is 0 Å². The topological polar surface area (TPSA) is 58.6 Å². The van der Waals surface area contributed by atoms with Gasteiger partial charge in [-0.05, 0) is 18.9 Å². The van der Waals surface area contributed by atoms with Crippen LogP contribution < -0.4 is 5.32 Å². The number of alkyl carbamates (subject to hydrolysis) is 1. The third-order valence-electron chi connectivity index (χ3n) is 2.04. The molecule has 4 heteroatoms. The van der Waals surface area contributed by atoms with Crippen molar-refractivity contribution in [3.05, 3.63) is 35.9 Å². The minimum Gasteiger partial charge on any atom is -0.445 e. The fraction of sp³-hybridized carbons (Fsp3) is 0.417. The summed E-state index contributed by atoms with van der Waals surface area (Å²) in [5.41, 5.74) is 0.952. The second-order valence-corrected chi connectivity index (χ2v) is 3.63. The van der Waals surface area contributed by atoms with Gasteiger partial charge in [0.15, 0.2) is 0 Å². The number of carbonyl (C=O) groups is 1. The van der Waals surface area contributed by atoms with Crippen LogP contribution in [0, 0.1) is 0 Å². The van der Waals surface area contributed by atoms with E-state index in [1.54, 1.807) is 6.92 Å². The number of carbonyl (C=O) groups excluding carboxylic acids is 1. The molecule has 0 radical (unpaired) electrons. The summed E-state index contributed by atoms with van der Waals surface area (Å²) in [6, 6.07) is 9.48. The maximum atomic E-state index is 11.2. The number of hydrogen-bond acceptors (Lipinski definition) is 3. The highest BCUT2D eigenvalue weighted by atomic mass is 16.5. The van der Waals surface area contributed by atoms with Crippen LogP contribution in [-0.4, -0.2) is 23.8 Å². The average Bonchev–Trinajstić information content (AvgIpc) is 2.27. The fourth-order valence-electron chi connectivity index (χ4n) is 1.16. The van der Waals surface area contributed by atoms with Gasteiger partial charge in [-0.3, -0.25) is 0 Å². The maximum Gasteiger partial charge on any atom is 0.407 e. The Morgan fingerprint density at radius 2 is 2.12 bits per heavy atom. The summed E-state index contributed by atoms with van der Waals surface area (Å²) in [6.45, 7) is 2.36. The molecule has 1 atom stereocenters. The van der Waals surface area contributed by atoms with Crippen LogP contribution in [0.3, 0.4) is 0 Å². The van der Waals surface area contributed by atoms with E-state index in [-0.39, 0.29) is 6.61 Å². The van der Waals surface area contributed by atoms with Gasteiger partial charge in [-0.1, -0.05) is 30.3 Å². The number of aliphatic hydroxyl groups is 1. The van der Waals surface area contributed by atoms with E-state index in [1.165, 1.54) is 0 Å². The van der Waals surface area contributed by atoms with E-state index in [2.05, 4.69) is 5.32 Å². The summed E-state index contributed by atoms with van der Waals surface area (Å²) in [6.07, 6.45) is -0.334. The van der Waals surface area contributed by atoms with Crippen LogP contribution in [0.1, 0.15) is 18.9 Å². The molecule has 0 aromatic heterocycles. The van der Waals surface area contributed by atoms with Crippen LogP contribution in [0.15, 0.2) is 30.3 Å². The third kappa shape index (κ3) is 5.36. The van der Waals surface area contributed by atoms with Gasteiger partial charge in [-0.2, -0.15) is 0 Å². The van der Waals surface area contributed by atoms with Crippen molar-refractivity contribution in [1.29, 1.82) is 0 Å². The Kier molecular flexibility index (Phi) is 5.36. The lowest BCUT2D eigenvalue weighted by Gasteiger charge is -2.07. The Labute approximate surface area is 95.2 Å². The Bertz CT molecular complexity index is 311. The first kappa shape index (κ1) is 12.5. The van der Waals surface area contributed by atoms with Gasteiger partial charge in [-0.25, -0.2) is 4.79 Å². The van der Waals surface area contributed by atoms with E-state index < -0.39 is 12.2 Å². The van der Waals surface area contributed by atoms with Crippen molar-refractivity contribution in [3.8, 4) is 0 Å². The standard InChI is InChI=1S/C12H17NO3/c1-10(14)7-8-13-12(15)16-9-11-5-3-2-4-6-11/h2-6,10,14H,7-9H2,1H3,(H,13,15). The number of rotatable bonds is 5. The molecule has 0 saturated carbocycles. The second-order valence-electron chi connectivity index (χ2n) is 3.63. The average molecular weight is 223 g/mol. The number of amides is 1. The Hall–Kier alpha value is -1.55. The second kappa shape index (κ2) is 6.85. The van der Waals surface area contributed by atoms with Crippen LogP contribution in [0.2, 0.25) is 0 Å². The summed E-state index contributed by atoms with van der Waals surface area (Å²) in [5.74, 6) is 0. The lowest BCUT2D eigenvalue weighted by Crippen LogP contribution is -2.27. The van der Waals surface area contributed by atoms with Crippen molar-refractivity contribution in [2.45, 2.75) is 26.1 Å². The molecule has 0 heterocycles. The van der Waals surface area contributed by atoms with E-state index in [4.69, 9.17) is 9.84 Å². The van der Waals surface area contributed by atoms with Crippen molar-refractivity contribution in [1.82, 2.24) is 5.32 Å². The van der Waals surface area contributed by atoms with E-state index in [9.17, 15) is 4.79 Å². The number of ether oxygens (including phenoxy) is 1. The zero-order valence-electron chi connectivity index (χ0n) is 9.35. The number of aliphatic hydroxyl groups excluding tert-OH is 1. The van der Waals surface area contributed by atoms with E-state index in [0.717, 1.165) is 5.56 Å². The molecule has 0 fully saturated rings.